The molecule has 0 aromatic rings. The lowest BCUT2D eigenvalue weighted by molar-refractivity contribution is 0.125. The van der Waals surface area contributed by atoms with E-state index in [0.29, 0.717) is 0 Å². The summed E-state index contributed by atoms with van der Waals surface area (Å²) in [5, 5.41) is 0. The van der Waals surface area contributed by atoms with Crippen molar-refractivity contribution in [3.8, 4) is 0 Å². The van der Waals surface area contributed by atoms with E-state index in [-0.39, 0.29) is 0 Å². The fourth-order valence-electron chi connectivity index (χ4n) is 1.08. The van der Waals surface area contributed by atoms with Crippen LogP contribution in [0.5, 0.6) is 0 Å². The standard InChI is InChI=1S/C8H22O3Si2/c1-9-13(10-2,11-3)8-7-12(4,5)6/h7-8H2,1-6H3. The van der Waals surface area contributed by atoms with Gasteiger partial charge in [0.25, 0.3) is 0 Å². The monoisotopic (exact) mass is 222 g/mol. The van der Waals surface area contributed by atoms with Gasteiger partial charge in [0.1, 0.15) is 0 Å². The Hall–Kier alpha value is 0.314. The molecule has 0 amide bonds. The minimum atomic E-state index is -2.29. The lowest BCUT2D eigenvalue weighted by atomic mass is 10.9. The third-order valence-corrected chi connectivity index (χ3v) is 7.09. The second-order valence-corrected chi connectivity index (χ2v) is 13.1. The molecule has 13 heavy (non-hydrogen) atoms. The summed E-state index contributed by atoms with van der Waals surface area (Å²) in [6.45, 7) is 7.02. The van der Waals surface area contributed by atoms with Crippen molar-refractivity contribution in [1.29, 1.82) is 0 Å². The summed E-state index contributed by atoms with van der Waals surface area (Å²) in [6, 6.07) is 2.13. The van der Waals surface area contributed by atoms with E-state index < -0.39 is 16.9 Å². The van der Waals surface area contributed by atoms with Gasteiger partial charge in [0.05, 0.1) is 0 Å². The Labute approximate surface area is 83.8 Å². The summed E-state index contributed by atoms with van der Waals surface area (Å²) in [5.74, 6) is 0. The molecule has 0 unspecified atom stereocenters. The molecule has 0 saturated carbocycles. The SMILES string of the molecule is CO[Si](CC[Si](C)(C)C)(OC)OC. The second kappa shape index (κ2) is 5.26. The van der Waals surface area contributed by atoms with Gasteiger partial charge in [-0.05, 0) is 0 Å². The first-order valence-electron chi connectivity index (χ1n) is 4.54. The van der Waals surface area contributed by atoms with E-state index in [4.69, 9.17) is 13.3 Å². The Morgan fingerprint density at radius 2 is 1.15 bits per heavy atom. The van der Waals surface area contributed by atoms with Crippen LogP contribution in [0.1, 0.15) is 0 Å². The minimum Gasteiger partial charge on any atom is -0.377 e. The molecule has 0 heterocycles. The Balaban J connectivity index is 4.11. The Kier molecular flexibility index (Phi) is 5.38. The Morgan fingerprint density at radius 1 is 0.769 bits per heavy atom. The van der Waals surface area contributed by atoms with Gasteiger partial charge in [-0.15, -0.1) is 0 Å². The van der Waals surface area contributed by atoms with Gasteiger partial charge in [0, 0.05) is 35.4 Å². The molecular weight excluding hydrogens is 200 g/mol. The van der Waals surface area contributed by atoms with Gasteiger partial charge in [-0.1, -0.05) is 25.7 Å². The first-order valence-corrected chi connectivity index (χ1v) is 10.2. The van der Waals surface area contributed by atoms with E-state index in [0.717, 1.165) is 6.04 Å². The van der Waals surface area contributed by atoms with E-state index >= 15 is 0 Å². The molecular formula is C8H22O3Si2. The molecule has 3 nitrogen and oxygen atoms in total. The molecule has 0 atom stereocenters. The average molecular weight is 222 g/mol. The van der Waals surface area contributed by atoms with Crippen molar-refractivity contribution in [2.75, 3.05) is 21.3 Å². The topological polar surface area (TPSA) is 27.7 Å². The fourth-order valence-corrected chi connectivity index (χ4v) is 6.42. The van der Waals surface area contributed by atoms with Crippen LogP contribution >= 0.6 is 0 Å². The van der Waals surface area contributed by atoms with Gasteiger partial charge in [-0.2, -0.15) is 0 Å². The summed E-state index contributed by atoms with van der Waals surface area (Å²) in [7, 11) is 1.70. The van der Waals surface area contributed by atoms with Crippen molar-refractivity contribution >= 4 is 16.9 Å². The van der Waals surface area contributed by atoms with Crippen LogP contribution < -0.4 is 0 Å². The third-order valence-electron chi connectivity index (χ3n) is 2.11. The molecule has 0 aromatic heterocycles. The van der Waals surface area contributed by atoms with Crippen LogP contribution in [0.15, 0.2) is 0 Å². The largest absolute Gasteiger partial charge is 0.499 e. The van der Waals surface area contributed by atoms with Crippen LogP contribution in [0.3, 0.4) is 0 Å². The van der Waals surface area contributed by atoms with Crippen molar-refractivity contribution in [2.45, 2.75) is 31.7 Å². The minimum absolute atomic E-state index is 0.937. The zero-order valence-electron chi connectivity index (χ0n) is 9.64. The molecule has 0 fully saturated rings. The van der Waals surface area contributed by atoms with Crippen LogP contribution in [0.2, 0.25) is 31.7 Å². The van der Waals surface area contributed by atoms with E-state index in [9.17, 15) is 0 Å². The highest BCUT2D eigenvalue weighted by Crippen LogP contribution is 2.21. The molecule has 0 radical (unpaired) electrons. The maximum atomic E-state index is 5.35. The predicted molar refractivity (Wildman–Crippen MR) is 59.7 cm³/mol. The summed E-state index contributed by atoms with van der Waals surface area (Å²) in [6.07, 6.45) is 0. The zero-order chi connectivity index (χ0) is 10.5. The van der Waals surface area contributed by atoms with Crippen molar-refractivity contribution in [1.82, 2.24) is 0 Å². The smallest absolute Gasteiger partial charge is 0.377 e. The number of rotatable bonds is 6. The summed E-state index contributed by atoms with van der Waals surface area (Å²) < 4.78 is 16.0. The lowest BCUT2D eigenvalue weighted by Crippen LogP contribution is -2.44. The summed E-state index contributed by atoms with van der Waals surface area (Å²) in [5.41, 5.74) is 0. The Bertz CT molecular complexity index is 133. The van der Waals surface area contributed by atoms with Gasteiger partial charge >= 0.3 is 8.80 Å². The fraction of sp³-hybridized carbons (Fsp3) is 1.00. The molecule has 0 aromatic carbocycles. The van der Waals surface area contributed by atoms with E-state index in [1.807, 2.05) is 0 Å². The van der Waals surface area contributed by atoms with Gasteiger partial charge in [0.2, 0.25) is 0 Å². The quantitative estimate of drug-likeness (QED) is 0.645. The molecule has 0 bridgehead atoms. The molecule has 5 heteroatoms. The number of hydrogen-bond donors (Lipinski definition) is 0. The Morgan fingerprint density at radius 3 is 1.38 bits per heavy atom. The molecule has 0 N–H and O–H groups in total. The van der Waals surface area contributed by atoms with Crippen LogP contribution in [0.4, 0.5) is 0 Å². The van der Waals surface area contributed by atoms with Crippen LogP contribution in [0.25, 0.3) is 0 Å². The molecule has 0 aliphatic carbocycles. The zero-order valence-corrected chi connectivity index (χ0v) is 11.6. The first-order chi connectivity index (χ1) is 5.89. The first kappa shape index (κ1) is 13.3. The van der Waals surface area contributed by atoms with E-state index in [1.54, 1.807) is 21.3 Å². The van der Waals surface area contributed by atoms with Crippen LogP contribution in [0, 0.1) is 0 Å². The molecule has 0 rings (SSSR count). The summed E-state index contributed by atoms with van der Waals surface area (Å²) >= 11 is 0. The van der Waals surface area contributed by atoms with Crippen LogP contribution in [-0.4, -0.2) is 38.2 Å². The normalized spacial score (nSPS) is 13.4. The van der Waals surface area contributed by atoms with Crippen molar-refractivity contribution in [3.05, 3.63) is 0 Å². The molecule has 80 valence electrons. The number of hydrogen-bond acceptors (Lipinski definition) is 3. The molecule has 0 aliphatic rings. The van der Waals surface area contributed by atoms with E-state index in [2.05, 4.69) is 19.6 Å². The van der Waals surface area contributed by atoms with Gasteiger partial charge in [0.15, 0.2) is 0 Å². The maximum absolute atomic E-state index is 5.35. The van der Waals surface area contributed by atoms with E-state index in [1.165, 1.54) is 6.04 Å². The van der Waals surface area contributed by atoms with Crippen molar-refractivity contribution in [2.24, 2.45) is 0 Å². The summed E-state index contributed by atoms with van der Waals surface area (Å²) in [4.78, 5) is 0. The highest BCUT2D eigenvalue weighted by molar-refractivity contribution is 6.77. The van der Waals surface area contributed by atoms with Gasteiger partial charge in [-0.3, -0.25) is 0 Å². The lowest BCUT2D eigenvalue weighted by Gasteiger charge is -2.27. The van der Waals surface area contributed by atoms with Crippen LogP contribution in [-0.2, 0) is 13.3 Å². The average Bonchev–Trinajstić information content (AvgIpc) is 2.06. The predicted octanol–water partition coefficient (Wildman–Crippen LogP) is 2.20. The second-order valence-electron chi connectivity index (χ2n) is 4.36. The maximum Gasteiger partial charge on any atom is 0.499 e. The highest BCUT2D eigenvalue weighted by Gasteiger charge is 2.38. The molecule has 0 aliphatic heterocycles. The van der Waals surface area contributed by atoms with Crippen molar-refractivity contribution < 1.29 is 13.3 Å². The third kappa shape index (κ3) is 4.92. The van der Waals surface area contributed by atoms with Crippen molar-refractivity contribution in [3.63, 3.8) is 0 Å². The molecule has 0 saturated heterocycles. The highest BCUT2D eigenvalue weighted by atomic mass is 28.4. The van der Waals surface area contributed by atoms with Gasteiger partial charge < -0.3 is 13.3 Å². The van der Waals surface area contributed by atoms with Gasteiger partial charge in [-0.25, -0.2) is 0 Å². The molecule has 0 spiro atoms.